The minimum Gasteiger partial charge on any atom is -0.383 e. The fourth-order valence-corrected chi connectivity index (χ4v) is 2.76. The zero-order valence-electron chi connectivity index (χ0n) is 13.1. The first-order valence-electron chi connectivity index (χ1n) is 7.27. The van der Waals surface area contributed by atoms with Crippen LogP contribution in [0.15, 0.2) is 18.2 Å². The van der Waals surface area contributed by atoms with E-state index in [2.05, 4.69) is 5.32 Å². The summed E-state index contributed by atoms with van der Waals surface area (Å²) in [5.74, 6) is -0.501. The monoisotopic (exact) mass is 324 g/mol. The van der Waals surface area contributed by atoms with Gasteiger partial charge in [-0.15, -0.1) is 0 Å². The normalized spacial score (nSPS) is 19.4. The number of amides is 2. The average molecular weight is 325 g/mol. The molecule has 1 fully saturated rings. The summed E-state index contributed by atoms with van der Waals surface area (Å²) in [7, 11) is 1.60. The Bertz CT molecular complexity index is 577. The van der Waals surface area contributed by atoms with Gasteiger partial charge >= 0.3 is 0 Å². The molecule has 0 spiro atoms. The number of ether oxygens (including phenoxy) is 1. The van der Waals surface area contributed by atoms with Gasteiger partial charge < -0.3 is 15.0 Å². The standard InChI is InChI=1S/C16H21ClN2O3/c1-10-4-5-13(7-14(10)17)18-16(21)12-6-15(20)19(8-12)11(2)9-22-3/h4-5,7,11-12H,6,8-9H2,1-3H3,(H,18,21)/t11-,12-/m0/s1. The van der Waals surface area contributed by atoms with Crippen LogP contribution in [0.1, 0.15) is 18.9 Å². The third-order valence-electron chi connectivity index (χ3n) is 3.91. The quantitative estimate of drug-likeness (QED) is 0.905. The Kier molecular flexibility index (Phi) is 5.42. The molecule has 0 bridgehead atoms. The van der Waals surface area contributed by atoms with Crippen molar-refractivity contribution in [3.63, 3.8) is 0 Å². The predicted molar refractivity (Wildman–Crippen MR) is 86.0 cm³/mol. The smallest absolute Gasteiger partial charge is 0.229 e. The van der Waals surface area contributed by atoms with Gasteiger partial charge in [0.05, 0.1) is 18.6 Å². The number of carbonyl (C=O) groups excluding carboxylic acids is 2. The van der Waals surface area contributed by atoms with Gasteiger partial charge in [0.1, 0.15) is 0 Å². The Morgan fingerprint density at radius 1 is 1.55 bits per heavy atom. The molecule has 2 rings (SSSR count). The summed E-state index contributed by atoms with van der Waals surface area (Å²) >= 11 is 6.05. The highest BCUT2D eigenvalue weighted by atomic mass is 35.5. The lowest BCUT2D eigenvalue weighted by Crippen LogP contribution is -2.38. The summed E-state index contributed by atoms with van der Waals surface area (Å²) in [6, 6.07) is 5.35. The summed E-state index contributed by atoms with van der Waals surface area (Å²) < 4.78 is 5.07. The third kappa shape index (κ3) is 3.78. The Balaban J connectivity index is 1.99. The maximum atomic E-state index is 12.3. The zero-order chi connectivity index (χ0) is 16.3. The molecule has 1 aliphatic heterocycles. The van der Waals surface area contributed by atoms with E-state index < -0.39 is 0 Å². The van der Waals surface area contributed by atoms with E-state index in [-0.39, 0.29) is 30.2 Å². The van der Waals surface area contributed by atoms with Crippen molar-refractivity contribution in [1.29, 1.82) is 0 Å². The highest BCUT2D eigenvalue weighted by Crippen LogP contribution is 2.24. The van der Waals surface area contributed by atoms with E-state index in [0.29, 0.717) is 23.9 Å². The first-order chi connectivity index (χ1) is 10.4. The number of anilines is 1. The summed E-state index contributed by atoms with van der Waals surface area (Å²) in [5, 5.41) is 3.44. The molecular weight excluding hydrogens is 304 g/mol. The summed E-state index contributed by atoms with van der Waals surface area (Å²) in [5.41, 5.74) is 1.60. The molecule has 0 unspecified atom stereocenters. The fraction of sp³-hybridized carbons (Fsp3) is 0.500. The average Bonchev–Trinajstić information content (AvgIpc) is 2.85. The fourth-order valence-electron chi connectivity index (χ4n) is 2.58. The number of hydrogen-bond acceptors (Lipinski definition) is 3. The molecule has 2 amide bonds. The molecule has 1 heterocycles. The first-order valence-corrected chi connectivity index (χ1v) is 7.65. The van der Waals surface area contributed by atoms with Crippen molar-refractivity contribution >= 4 is 29.1 Å². The number of halogens is 1. The van der Waals surface area contributed by atoms with Crippen LogP contribution < -0.4 is 5.32 Å². The summed E-state index contributed by atoms with van der Waals surface area (Å²) in [4.78, 5) is 26.0. The van der Waals surface area contributed by atoms with Gasteiger partial charge in [0.15, 0.2) is 0 Å². The molecular formula is C16H21ClN2O3. The van der Waals surface area contributed by atoms with Crippen LogP contribution in [0.25, 0.3) is 0 Å². The van der Waals surface area contributed by atoms with Crippen LogP contribution in [0.5, 0.6) is 0 Å². The van der Waals surface area contributed by atoms with Gasteiger partial charge in [-0.25, -0.2) is 0 Å². The molecule has 0 saturated carbocycles. The number of nitrogens with zero attached hydrogens (tertiary/aromatic N) is 1. The second-order valence-electron chi connectivity index (χ2n) is 5.70. The third-order valence-corrected chi connectivity index (χ3v) is 4.32. The van der Waals surface area contributed by atoms with Crippen molar-refractivity contribution in [2.24, 2.45) is 5.92 Å². The molecule has 5 nitrogen and oxygen atoms in total. The first kappa shape index (κ1) is 16.8. The van der Waals surface area contributed by atoms with Gasteiger partial charge in [0.2, 0.25) is 11.8 Å². The van der Waals surface area contributed by atoms with E-state index in [1.54, 1.807) is 24.1 Å². The SMILES string of the molecule is COC[C@H](C)N1C[C@@H](C(=O)Nc2ccc(C)c(Cl)c2)CC1=O. The molecule has 0 aliphatic carbocycles. The van der Waals surface area contributed by atoms with E-state index >= 15 is 0 Å². The number of likely N-dealkylation sites (tertiary alicyclic amines) is 1. The van der Waals surface area contributed by atoms with Crippen LogP contribution in [0.2, 0.25) is 5.02 Å². The lowest BCUT2D eigenvalue weighted by atomic mass is 10.1. The van der Waals surface area contributed by atoms with Crippen LogP contribution in [-0.4, -0.2) is 43.0 Å². The number of nitrogens with one attached hydrogen (secondary N) is 1. The highest BCUT2D eigenvalue weighted by Gasteiger charge is 2.36. The lowest BCUT2D eigenvalue weighted by molar-refractivity contribution is -0.130. The Labute approximate surface area is 135 Å². The van der Waals surface area contributed by atoms with Crippen molar-refractivity contribution in [3.05, 3.63) is 28.8 Å². The molecule has 120 valence electrons. The van der Waals surface area contributed by atoms with Gasteiger partial charge in [-0.1, -0.05) is 17.7 Å². The largest absolute Gasteiger partial charge is 0.383 e. The van der Waals surface area contributed by atoms with E-state index in [9.17, 15) is 9.59 Å². The van der Waals surface area contributed by atoms with Crippen molar-refractivity contribution in [2.75, 3.05) is 25.6 Å². The Hall–Kier alpha value is -1.59. The molecule has 1 aromatic rings. The molecule has 1 saturated heterocycles. The number of hydrogen-bond donors (Lipinski definition) is 1. The van der Waals surface area contributed by atoms with Crippen LogP contribution in [0, 0.1) is 12.8 Å². The number of benzene rings is 1. The molecule has 1 aromatic carbocycles. The lowest BCUT2D eigenvalue weighted by Gasteiger charge is -2.23. The topological polar surface area (TPSA) is 58.6 Å². The van der Waals surface area contributed by atoms with E-state index in [1.807, 2.05) is 19.9 Å². The molecule has 1 aliphatic rings. The van der Waals surface area contributed by atoms with Crippen molar-refractivity contribution in [3.8, 4) is 0 Å². The Morgan fingerprint density at radius 3 is 2.91 bits per heavy atom. The predicted octanol–water partition coefficient (Wildman–Crippen LogP) is 2.47. The molecule has 0 aromatic heterocycles. The number of methoxy groups -OCH3 is 1. The molecule has 2 atom stereocenters. The second-order valence-corrected chi connectivity index (χ2v) is 6.11. The van der Waals surface area contributed by atoms with E-state index in [4.69, 9.17) is 16.3 Å². The van der Waals surface area contributed by atoms with E-state index in [1.165, 1.54) is 0 Å². The minimum absolute atomic E-state index is 0.00774. The summed E-state index contributed by atoms with van der Waals surface area (Å²) in [6.07, 6.45) is 0.236. The van der Waals surface area contributed by atoms with E-state index in [0.717, 1.165) is 5.56 Å². The molecule has 22 heavy (non-hydrogen) atoms. The van der Waals surface area contributed by atoms with Crippen LogP contribution in [0.4, 0.5) is 5.69 Å². The van der Waals surface area contributed by atoms with Gasteiger partial charge in [-0.3, -0.25) is 9.59 Å². The highest BCUT2D eigenvalue weighted by molar-refractivity contribution is 6.31. The van der Waals surface area contributed by atoms with Gasteiger partial charge in [0, 0.05) is 30.8 Å². The van der Waals surface area contributed by atoms with Crippen molar-refractivity contribution < 1.29 is 14.3 Å². The van der Waals surface area contributed by atoms with Gasteiger partial charge in [-0.05, 0) is 31.5 Å². The maximum Gasteiger partial charge on any atom is 0.229 e. The van der Waals surface area contributed by atoms with Crippen LogP contribution in [-0.2, 0) is 14.3 Å². The van der Waals surface area contributed by atoms with Crippen molar-refractivity contribution in [2.45, 2.75) is 26.3 Å². The van der Waals surface area contributed by atoms with Gasteiger partial charge in [-0.2, -0.15) is 0 Å². The van der Waals surface area contributed by atoms with Crippen LogP contribution >= 0.6 is 11.6 Å². The number of rotatable bonds is 5. The summed E-state index contributed by atoms with van der Waals surface area (Å²) in [6.45, 7) is 4.71. The maximum absolute atomic E-state index is 12.3. The van der Waals surface area contributed by atoms with Crippen LogP contribution in [0.3, 0.4) is 0 Å². The Morgan fingerprint density at radius 2 is 2.27 bits per heavy atom. The molecule has 0 radical (unpaired) electrons. The minimum atomic E-state index is -0.341. The molecule has 1 N–H and O–H groups in total. The zero-order valence-corrected chi connectivity index (χ0v) is 13.8. The number of carbonyl (C=O) groups is 2. The molecule has 6 heteroatoms. The van der Waals surface area contributed by atoms with Crippen molar-refractivity contribution in [1.82, 2.24) is 4.90 Å². The number of aryl methyl sites for hydroxylation is 1. The van der Waals surface area contributed by atoms with Gasteiger partial charge in [0.25, 0.3) is 0 Å². The second kappa shape index (κ2) is 7.11.